The fraction of sp³-hybridized carbons (Fsp3) is 0.214. The number of nitro groups is 1. The highest BCUT2D eigenvalue weighted by atomic mass is 32.1. The molecule has 0 aliphatic heterocycles. The van der Waals surface area contributed by atoms with E-state index < -0.39 is 10.8 Å². The lowest BCUT2D eigenvalue weighted by Crippen LogP contribution is -2.23. The van der Waals surface area contributed by atoms with E-state index >= 15 is 0 Å². The number of thiophene rings is 1. The summed E-state index contributed by atoms with van der Waals surface area (Å²) in [5.41, 5.74) is 1.26. The normalized spacial score (nSPS) is 10.2. The Morgan fingerprint density at radius 3 is 2.71 bits per heavy atom. The number of hydrogen-bond acceptors (Lipinski definition) is 5. The molecular weight excluding hydrogens is 290 g/mol. The molecule has 2 aromatic rings. The van der Waals surface area contributed by atoms with Gasteiger partial charge >= 0.3 is 5.69 Å². The van der Waals surface area contributed by atoms with Crippen molar-refractivity contribution in [3.8, 4) is 0 Å². The zero-order valence-electron chi connectivity index (χ0n) is 11.7. The minimum atomic E-state index is -0.545. The van der Waals surface area contributed by atoms with Crippen LogP contribution < -0.4 is 10.6 Å². The van der Waals surface area contributed by atoms with Gasteiger partial charge in [-0.15, -0.1) is 11.3 Å². The third-order valence-electron chi connectivity index (χ3n) is 3.11. The maximum Gasteiger partial charge on any atom is 0.305 e. The third-order valence-corrected chi connectivity index (χ3v) is 4.13. The maximum atomic E-state index is 12.2. The summed E-state index contributed by atoms with van der Waals surface area (Å²) < 4.78 is 0. The molecule has 110 valence electrons. The fourth-order valence-electron chi connectivity index (χ4n) is 1.97. The van der Waals surface area contributed by atoms with Gasteiger partial charge in [0.05, 0.1) is 11.5 Å². The number of nitrogens with one attached hydrogen (secondary N) is 2. The molecular formula is C14H15N3O3S. The van der Waals surface area contributed by atoms with Crippen LogP contribution in [0.2, 0.25) is 0 Å². The molecule has 2 rings (SSSR count). The van der Waals surface area contributed by atoms with Crippen molar-refractivity contribution in [2.75, 3.05) is 12.4 Å². The first kappa shape index (κ1) is 15.0. The van der Waals surface area contributed by atoms with Gasteiger partial charge in [-0.25, -0.2) is 0 Å². The number of hydrogen-bond donors (Lipinski definition) is 2. The first-order chi connectivity index (χ1) is 10.0. The number of anilines is 1. The van der Waals surface area contributed by atoms with Crippen molar-refractivity contribution in [2.45, 2.75) is 13.5 Å². The second-order valence-electron chi connectivity index (χ2n) is 4.42. The van der Waals surface area contributed by atoms with Crippen LogP contribution >= 0.6 is 11.3 Å². The Morgan fingerprint density at radius 2 is 2.14 bits per heavy atom. The van der Waals surface area contributed by atoms with Gasteiger partial charge in [0.1, 0.15) is 11.3 Å². The summed E-state index contributed by atoms with van der Waals surface area (Å²) in [5, 5.41) is 18.6. The van der Waals surface area contributed by atoms with Gasteiger partial charge in [0, 0.05) is 11.9 Å². The van der Waals surface area contributed by atoms with Gasteiger partial charge in [-0.2, -0.15) is 0 Å². The van der Waals surface area contributed by atoms with E-state index in [9.17, 15) is 14.9 Å². The van der Waals surface area contributed by atoms with Gasteiger partial charge in [-0.05, 0) is 36.1 Å². The van der Waals surface area contributed by atoms with Crippen molar-refractivity contribution in [3.63, 3.8) is 0 Å². The van der Waals surface area contributed by atoms with E-state index in [0.29, 0.717) is 12.2 Å². The number of carbonyl (C=O) groups is 1. The fourth-order valence-corrected chi connectivity index (χ4v) is 2.81. The summed E-state index contributed by atoms with van der Waals surface area (Å²) in [6, 6.07) is 6.61. The Hall–Kier alpha value is -2.41. The minimum Gasteiger partial charge on any atom is -0.383 e. The highest BCUT2D eigenvalue weighted by Gasteiger charge is 2.23. The molecule has 7 heteroatoms. The molecule has 1 amide bonds. The molecule has 0 aliphatic rings. The van der Waals surface area contributed by atoms with Crippen molar-refractivity contribution in [2.24, 2.45) is 0 Å². The highest BCUT2D eigenvalue weighted by Crippen LogP contribution is 2.28. The number of rotatable bonds is 5. The number of para-hydroxylation sites is 1. The first-order valence-electron chi connectivity index (χ1n) is 6.31. The van der Waals surface area contributed by atoms with Crippen LogP contribution in [-0.2, 0) is 6.54 Å². The van der Waals surface area contributed by atoms with Gasteiger partial charge < -0.3 is 10.6 Å². The lowest BCUT2D eigenvalue weighted by Gasteiger charge is -2.08. The van der Waals surface area contributed by atoms with Gasteiger partial charge in [0.25, 0.3) is 5.91 Å². The van der Waals surface area contributed by atoms with E-state index in [4.69, 9.17) is 0 Å². The van der Waals surface area contributed by atoms with Crippen LogP contribution in [0.4, 0.5) is 11.4 Å². The van der Waals surface area contributed by atoms with Crippen molar-refractivity contribution in [1.29, 1.82) is 0 Å². The van der Waals surface area contributed by atoms with Crippen LogP contribution in [0.5, 0.6) is 0 Å². The van der Waals surface area contributed by atoms with Crippen LogP contribution in [0.25, 0.3) is 0 Å². The first-order valence-corrected chi connectivity index (χ1v) is 7.19. The SMILES string of the molecule is CNc1cccc(C(=O)NCc2sccc2C)c1[N+](=O)[O-]. The Labute approximate surface area is 126 Å². The number of nitro benzene ring substituents is 1. The summed E-state index contributed by atoms with van der Waals surface area (Å²) in [6.07, 6.45) is 0. The van der Waals surface area contributed by atoms with Crippen molar-refractivity contribution < 1.29 is 9.72 Å². The molecule has 6 nitrogen and oxygen atoms in total. The highest BCUT2D eigenvalue weighted by molar-refractivity contribution is 7.10. The van der Waals surface area contributed by atoms with E-state index in [1.807, 2.05) is 18.4 Å². The molecule has 2 N–H and O–H groups in total. The van der Waals surface area contributed by atoms with Gasteiger partial charge in [-0.3, -0.25) is 14.9 Å². The molecule has 0 atom stereocenters. The Balaban J connectivity index is 2.23. The molecule has 0 saturated heterocycles. The topological polar surface area (TPSA) is 84.3 Å². The van der Waals surface area contributed by atoms with Crippen LogP contribution in [0, 0.1) is 17.0 Å². The number of carbonyl (C=O) groups excluding carboxylic acids is 1. The monoisotopic (exact) mass is 305 g/mol. The van der Waals surface area contributed by atoms with Crippen LogP contribution in [0.1, 0.15) is 20.8 Å². The molecule has 0 bridgehead atoms. The molecule has 0 saturated carbocycles. The van der Waals surface area contributed by atoms with E-state index in [-0.39, 0.29) is 11.3 Å². The zero-order chi connectivity index (χ0) is 15.4. The van der Waals surface area contributed by atoms with E-state index in [0.717, 1.165) is 10.4 Å². The molecule has 21 heavy (non-hydrogen) atoms. The summed E-state index contributed by atoms with van der Waals surface area (Å²) in [6.45, 7) is 2.32. The standard InChI is InChI=1S/C14H15N3O3S/c1-9-6-7-21-12(9)8-16-14(18)10-4-3-5-11(15-2)13(10)17(19)20/h3-7,15H,8H2,1-2H3,(H,16,18). The van der Waals surface area contributed by atoms with Crippen LogP contribution in [0.15, 0.2) is 29.6 Å². The van der Waals surface area contributed by atoms with E-state index in [2.05, 4.69) is 10.6 Å². The summed E-state index contributed by atoms with van der Waals surface area (Å²) in [5.74, 6) is -0.452. The Bertz CT molecular complexity index is 682. The molecule has 0 fully saturated rings. The Kier molecular flexibility index (Phi) is 4.54. The molecule has 0 unspecified atom stereocenters. The Morgan fingerprint density at radius 1 is 1.38 bits per heavy atom. The average Bonchev–Trinajstić information content (AvgIpc) is 2.89. The van der Waals surface area contributed by atoms with E-state index in [1.165, 1.54) is 6.07 Å². The van der Waals surface area contributed by atoms with Crippen molar-refractivity contribution in [1.82, 2.24) is 5.32 Å². The summed E-state index contributed by atoms with van der Waals surface area (Å²) in [4.78, 5) is 23.9. The largest absolute Gasteiger partial charge is 0.383 e. The van der Waals surface area contributed by atoms with E-state index in [1.54, 1.807) is 30.5 Å². The number of amides is 1. The number of nitrogens with zero attached hydrogens (tertiary/aromatic N) is 1. The van der Waals surface area contributed by atoms with Gasteiger partial charge in [-0.1, -0.05) is 6.07 Å². The quantitative estimate of drug-likeness (QED) is 0.657. The van der Waals surface area contributed by atoms with Crippen molar-refractivity contribution >= 4 is 28.6 Å². The zero-order valence-corrected chi connectivity index (χ0v) is 12.5. The van der Waals surface area contributed by atoms with Crippen molar-refractivity contribution in [3.05, 3.63) is 55.8 Å². The third kappa shape index (κ3) is 3.19. The maximum absolute atomic E-state index is 12.2. The van der Waals surface area contributed by atoms with Crippen LogP contribution in [0.3, 0.4) is 0 Å². The second-order valence-corrected chi connectivity index (χ2v) is 5.42. The lowest BCUT2D eigenvalue weighted by molar-refractivity contribution is -0.384. The molecule has 0 spiro atoms. The second kappa shape index (κ2) is 6.36. The smallest absolute Gasteiger partial charge is 0.305 e. The van der Waals surface area contributed by atoms with Gasteiger partial charge in [0.2, 0.25) is 0 Å². The predicted molar refractivity (Wildman–Crippen MR) is 82.9 cm³/mol. The average molecular weight is 305 g/mol. The molecule has 1 heterocycles. The molecule has 0 radical (unpaired) electrons. The summed E-state index contributed by atoms with van der Waals surface area (Å²) >= 11 is 1.54. The lowest BCUT2D eigenvalue weighted by atomic mass is 10.1. The predicted octanol–water partition coefficient (Wildman–Crippen LogP) is 2.94. The van der Waals surface area contributed by atoms with Crippen LogP contribution in [-0.4, -0.2) is 17.9 Å². The minimum absolute atomic E-state index is 0.0565. The summed E-state index contributed by atoms with van der Waals surface area (Å²) in [7, 11) is 1.58. The molecule has 1 aromatic carbocycles. The molecule has 0 aliphatic carbocycles. The van der Waals surface area contributed by atoms with Gasteiger partial charge in [0.15, 0.2) is 0 Å². The number of benzene rings is 1. The molecule has 1 aromatic heterocycles. The number of aryl methyl sites for hydroxylation is 1.